The van der Waals surface area contributed by atoms with Gasteiger partial charge in [-0.15, -0.1) is 0 Å². The number of carboxylic acids is 1. The molecular weight excluding hydrogens is 228 g/mol. The van der Waals surface area contributed by atoms with Gasteiger partial charge in [0.25, 0.3) is 0 Å². The number of benzene rings is 1. The number of fused-ring (bicyclic) bond motifs is 1. The van der Waals surface area contributed by atoms with E-state index >= 15 is 0 Å². The molecule has 0 spiro atoms. The van der Waals surface area contributed by atoms with Crippen LogP contribution in [0.15, 0.2) is 17.7 Å². The molecule has 0 aliphatic heterocycles. The molecule has 0 heterocycles. The zero-order chi connectivity index (χ0) is 13.3. The molecule has 0 amide bonds. The Hall–Kier alpha value is -1.77. The van der Waals surface area contributed by atoms with Crippen molar-refractivity contribution >= 4 is 11.5 Å². The van der Waals surface area contributed by atoms with Crippen molar-refractivity contribution < 1.29 is 14.6 Å². The summed E-state index contributed by atoms with van der Waals surface area (Å²) in [6.07, 6.45) is 2.00. The minimum atomic E-state index is -0.773. The van der Waals surface area contributed by atoms with Crippen molar-refractivity contribution in [3.63, 3.8) is 0 Å². The van der Waals surface area contributed by atoms with E-state index in [0.717, 1.165) is 35.3 Å². The maximum Gasteiger partial charge on any atom is 0.307 e. The highest BCUT2D eigenvalue weighted by atomic mass is 16.5. The fourth-order valence-corrected chi connectivity index (χ4v) is 2.65. The van der Waals surface area contributed by atoms with Gasteiger partial charge in [-0.1, -0.05) is 11.6 Å². The van der Waals surface area contributed by atoms with Gasteiger partial charge in [-0.25, -0.2) is 0 Å². The molecule has 96 valence electrons. The Labute approximate surface area is 107 Å². The number of carboxylic acid groups (broad SMARTS) is 1. The van der Waals surface area contributed by atoms with Crippen LogP contribution in [-0.2, 0) is 11.2 Å². The first-order valence-corrected chi connectivity index (χ1v) is 6.12. The fraction of sp³-hybridized carbons (Fsp3) is 0.400. The summed E-state index contributed by atoms with van der Waals surface area (Å²) in [6.45, 7) is 4.07. The molecule has 0 atom stereocenters. The molecule has 0 aromatic heterocycles. The van der Waals surface area contributed by atoms with Gasteiger partial charge in [-0.2, -0.15) is 0 Å². The Balaban J connectivity index is 2.54. The van der Waals surface area contributed by atoms with Crippen molar-refractivity contribution in [2.75, 3.05) is 7.11 Å². The average molecular weight is 246 g/mol. The van der Waals surface area contributed by atoms with Crippen LogP contribution < -0.4 is 4.74 Å². The molecule has 1 aliphatic rings. The molecule has 0 unspecified atom stereocenters. The molecule has 0 fully saturated rings. The molecule has 1 aromatic carbocycles. The van der Waals surface area contributed by atoms with Crippen LogP contribution in [-0.4, -0.2) is 18.2 Å². The monoisotopic (exact) mass is 246 g/mol. The molecular formula is C15H18O3. The van der Waals surface area contributed by atoms with E-state index in [0.29, 0.717) is 0 Å². The lowest BCUT2D eigenvalue weighted by molar-refractivity contribution is -0.135. The third kappa shape index (κ3) is 2.13. The van der Waals surface area contributed by atoms with E-state index in [-0.39, 0.29) is 6.42 Å². The number of hydrogen-bond donors (Lipinski definition) is 1. The third-order valence-electron chi connectivity index (χ3n) is 3.69. The second-order valence-corrected chi connectivity index (χ2v) is 4.75. The van der Waals surface area contributed by atoms with Crippen LogP contribution in [0.5, 0.6) is 5.75 Å². The Morgan fingerprint density at radius 2 is 2.06 bits per heavy atom. The number of aliphatic carboxylic acids is 1. The summed E-state index contributed by atoms with van der Waals surface area (Å²) >= 11 is 0. The molecule has 0 saturated carbocycles. The first-order chi connectivity index (χ1) is 8.54. The summed E-state index contributed by atoms with van der Waals surface area (Å²) in [5, 5.41) is 9.02. The lowest BCUT2D eigenvalue weighted by Gasteiger charge is -2.23. The van der Waals surface area contributed by atoms with Crippen LogP contribution in [0.3, 0.4) is 0 Å². The first kappa shape index (κ1) is 12.7. The van der Waals surface area contributed by atoms with Gasteiger partial charge in [0.2, 0.25) is 0 Å². The van der Waals surface area contributed by atoms with Crippen molar-refractivity contribution in [2.45, 2.75) is 33.1 Å². The largest absolute Gasteiger partial charge is 0.496 e. The molecule has 0 radical (unpaired) electrons. The van der Waals surface area contributed by atoms with Crippen molar-refractivity contribution in [1.82, 2.24) is 0 Å². The fourth-order valence-electron chi connectivity index (χ4n) is 2.65. The van der Waals surface area contributed by atoms with E-state index in [1.54, 1.807) is 7.11 Å². The number of rotatable bonds is 3. The van der Waals surface area contributed by atoms with Gasteiger partial charge in [0.15, 0.2) is 0 Å². The van der Waals surface area contributed by atoms with Crippen molar-refractivity contribution in [1.29, 1.82) is 0 Å². The van der Waals surface area contributed by atoms with Gasteiger partial charge < -0.3 is 9.84 Å². The van der Waals surface area contributed by atoms with Gasteiger partial charge in [-0.05, 0) is 55.0 Å². The topological polar surface area (TPSA) is 46.5 Å². The molecule has 0 saturated heterocycles. The number of ether oxygens (including phenoxy) is 1. The average Bonchev–Trinajstić information content (AvgIpc) is 2.33. The Kier molecular flexibility index (Phi) is 3.41. The standard InChI is InChI=1S/C15H18O3/c1-9-4-5-11-10(2)14(18-3)7-6-12(11)13(9)8-15(16)17/h6-7H,4-5,8H2,1-3H3,(H,16,17). The van der Waals surface area contributed by atoms with Gasteiger partial charge >= 0.3 is 5.97 Å². The SMILES string of the molecule is COc1ccc2c(c1C)CCC(C)=C2CC(=O)O. The minimum Gasteiger partial charge on any atom is -0.496 e. The van der Waals surface area contributed by atoms with E-state index in [1.807, 2.05) is 26.0 Å². The van der Waals surface area contributed by atoms with Crippen LogP contribution in [0.2, 0.25) is 0 Å². The van der Waals surface area contributed by atoms with E-state index in [4.69, 9.17) is 9.84 Å². The van der Waals surface area contributed by atoms with Crippen LogP contribution in [0.25, 0.3) is 5.57 Å². The highest BCUT2D eigenvalue weighted by Crippen LogP contribution is 2.37. The summed E-state index contributed by atoms with van der Waals surface area (Å²) in [4.78, 5) is 11.0. The van der Waals surface area contributed by atoms with E-state index in [9.17, 15) is 4.79 Å². The van der Waals surface area contributed by atoms with Gasteiger partial charge in [-0.3, -0.25) is 4.79 Å². The molecule has 3 heteroatoms. The Bertz CT molecular complexity index is 527. The van der Waals surface area contributed by atoms with E-state index in [1.165, 1.54) is 11.1 Å². The number of hydrogen-bond acceptors (Lipinski definition) is 2. The number of allylic oxidation sites excluding steroid dienone is 1. The molecule has 0 bridgehead atoms. The second kappa shape index (κ2) is 4.84. The summed E-state index contributed by atoms with van der Waals surface area (Å²) in [5.41, 5.74) is 5.60. The van der Waals surface area contributed by atoms with Crippen LogP contribution in [0, 0.1) is 6.92 Å². The van der Waals surface area contributed by atoms with Gasteiger partial charge in [0, 0.05) is 0 Å². The maximum atomic E-state index is 11.0. The molecule has 1 aliphatic carbocycles. The summed E-state index contributed by atoms with van der Waals surface area (Å²) < 4.78 is 5.32. The van der Waals surface area contributed by atoms with Crippen LogP contribution in [0.4, 0.5) is 0 Å². The zero-order valence-electron chi connectivity index (χ0n) is 11.0. The lowest BCUT2D eigenvalue weighted by atomic mass is 9.82. The van der Waals surface area contributed by atoms with E-state index in [2.05, 4.69) is 0 Å². The van der Waals surface area contributed by atoms with Crippen molar-refractivity contribution in [3.8, 4) is 5.75 Å². The van der Waals surface area contributed by atoms with Crippen LogP contribution >= 0.6 is 0 Å². The molecule has 3 nitrogen and oxygen atoms in total. The summed E-state index contributed by atoms with van der Waals surface area (Å²) in [6, 6.07) is 3.91. The normalized spacial score (nSPS) is 14.4. The predicted octanol–water partition coefficient (Wildman–Crippen LogP) is 3.20. The maximum absolute atomic E-state index is 11.0. The quantitative estimate of drug-likeness (QED) is 0.890. The molecule has 18 heavy (non-hydrogen) atoms. The lowest BCUT2D eigenvalue weighted by Crippen LogP contribution is -2.09. The first-order valence-electron chi connectivity index (χ1n) is 6.12. The third-order valence-corrected chi connectivity index (χ3v) is 3.69. The van der Waals surface area contributed by atoms with Crippen molar-refractivity contribution in [2.24, 2.45) is 0 Å². The van der Waals surface area contributed by atoms with Gasteiger partial charge in [0.05, 0.1) is 13.5 Å². The summed E-state index contributed by atoms with van der Waals surface area (Å²) in [5.74, 6) is 0.105. The van der Waals surface area contributed by atoms with E-state index < -0.39 is 5.97 Å². The predicted molar refractivity (Wildman–Crippen MR) is 70.9 cm³/mol. The summed E-state index contributed by atoms with van der Waals surface area (Å²) in [7, 11) is 1.66. The molecule has 1 N–H and O–H groups in total. The number of methoxy groups -OCH3 is 1. The molecule has 2 rings (SSSR count). The Morgan fingerprint density at radius 1 is 1.33 bits per heavy atom. The number of carbonyl (C=O) groups is 1. The highest BCUT2D eigenvalue weighted by Gasteiger charge is 2.21. The smallest absolute Gasteiger partial charge is 0.307 e. The minimum absolute atomic E-state index is 0.102. The zero-order valence-corrected chi connectivity index (χ0v) is 11.0. The second-order valence-electron chi connectivity index (χ2n) is 4.75. The van der Waals surface area contributed by atoms with Crippen LogP contribution in [0.1, 0.15) is 36.5 Å². The van der Waals surface area contributed by atoms with Gasteiger partial charge in [0.1, 0.15) is 5.75 Å². The molecule has 1 aromatic rings. The Morgan fingerprint density at radius 3 is 2.67 bits per heavy atom. The van der Waals surface area contributed by atoms with Crippen molar-refractivity contribution in [3.05, 3.63) is 34.4 Å². The highest BCUT2D eigenvalue weighted by molar-refractivity contribution is 5.87.